The molecule has 0 radical (unpaired) electrons. The third-order valence-electron chi connectivity index (χ3n) is 4.03. The Bertz CT molecular complexity index is 1190. The van der Waals surface area contributed by atoms with Crippen LogP contribution in [0.3, 0.4) is 0 Å². The van der Waals surface area contributed by atoms with Gasteiger partial charge in [-0.15, -0.1) is 11.3 Å². The van der Waals surface area contributed by atoms with Crippen molar-refractivity contribution in [2.24, 2.45) is 0 Å². The molecule has 154 valence electrons. The van der Waals surface area contributed by atoms with Crippen LogP contribution in [-0.2, 0) is 14.6 Å². The molecule has 3 aromatic rings. The number of thiophene rings is 1. The topological polar surface area (TPSA) is 127 Å². The molecule has 3 rings (SSSR count). The van der Waals surface area contributed by atoms with Crippen LogP contribution in [0.25, 0.3) is 10.8 Å². The molecular formula is C17H17N2O7PS2. The number of hydrogen-bond donors (Lipinski definition) is 1. The van der Waals surface area contributed by atoms with E-state index in [1.165, 1.54) is 12.1 Å². The molecule has 0 aliphatic carbocycles. The van der Waals surface area contributed by atoms with Gasteiger partial charge in [0, 0.05) is 24.1 Å². The minimum atomic E-state index is -4.40. The van der Waals surface area contributed by atoms with Gasteiger partial charge in [-0.3, -0.25) is 10.1 Å². The van der Waals surface area contributed by atoms with Crippen LogP contribution in [-0.4, -0.2) is 35.4 Å². The van der Waals surface area contributed by atoms with Crippen molar-refractivity contribution in [3.05, 3.63) is 64.0 Å². The Morgan fingerprint density at radius 2 is 1.86 bits per heavy atom. The van der Waals surface area contributed by atoms with Crippen LogP contribution in [0.15, 0.2) is 58.1 Å². The van der Waals surface area contributed by atoms with Crippen LogP contribution < -0.4 is 4.52 Å². The van der Waals surface area contributed by atoms with Crippen molar-refractivity contribution in [2.45, 2.75) is 11.1 Å². The fourth-order valence-corrected chi connectivity index (χ4v) is 7.54. The van der Waals surface area contributed by atoms with E-state index in [1.54, 1.807) is 36.6 Å². The SMILES string of the molecule is CCN(CP(=O)(O)Oc1ccc([N+](=O)[O-])cc1)S(=O)(=O)c1scc2ccccc12. The Labute approximate surface area is 170 Å². The average molecular weight is 456 g/mol. The summed E-state index contributed by atoms with van der Waals surface area (Å²) < 4.78 is 44.7. The Hall–Kier alpha value is -2.30. The van der Waals surface area contributed by atoms with E-state index in [9.17, 15) is 28.0 Å². The maximum atomic E-state index is 13.1. The minimum absolute atomic E-state index is 0.0390. The van der Waals surface area contributed by atoms with Crippen LogP contribution in [0.2, 0.25) is 0 Å². The Balaban J connectivity index is 1.83. The van der Waals surface area contributed by atoms with Gasteiger partial charge in [0.2, 0.25) is 0 Å². The summed E-state index contributed by atoms with van der Waals surface area (Å²) in [7, 11) is -8.43. The highest BCUT2D eigenvalue weighted by Gasteiger charge is 2.34. The predicted molar refractivity (Wildman–Crippen MR) is 110 cm³/mol. The van der Waals surface area contributed by atoms with Gasteiger partial charge in [0.1, 0.15) is 16.2 Å². The van der Waals surface area contributed by atoms with Crippen molar-refractivity contribution < 1.29 is 27.3 Å². The van der Waals surface area contributed by atoms with Gasteiger partial charge in [-0.25, -0.2) is 13.0 Å². The van der Waals surface area contributed by atoms with Crippen LogP contribution in [0.1, 0.15) is 6.92 Å². The normalized spacial score (nSPS) is 14.0. The summed E-state index contributed by atoms with van der Waals surface area (Å²) in [6, 6.07) is 11.6. The first-order valence-corrected chi connectivity index (χ1v) is 12.4. The van der Waals surface area contributed by atoms with Crippen molar-refractivity contribution in [2.75, 3.05) is 12.8 Å². The lowest BCUT2D eigenvalue weighted by Gasteiger charge is -2.22. The largest absolute Gasteiger partial charge is 0.424 e. The summed E-state index contributed by atoms with van der Waals surface area (Å²) in [6.45, 7) is 1.52. The van der Waals surface area contributed by atoms with E-state index < -0.39 is 28.8 Å². The summed E-state index contributed by atoms with van der Waals surface area (Å²) in [6.07, 6.45) is -0.755. The standard InChI is InChI=1S/C17H17N2O7PS2/c1-2-18(29(24,25)17-16-6-4-3-5-13(16)11-28-17)12-27(22,23)26-15-9-7-14(8-10-15)19(20)21/h3-11H,2,12H2,1H3,(H,22,23). The average Bonchev–Trinajstić information content (AvgIpc) is 3.11. The lowest BCUT2D eigenvalue weighted by molar-refractivity contribution is -0.384. The zero-order valence-corrected chi connectivity index (χ0v) is 17.7. The van der Waals surface area contributed by atoms with E-state index >= 15 is 0 Å². The molecule has 0 aliphatic heterocycles. The number of hydrogen-bond acceptors (Lipinski definition) is 7. The van der Waals surface area contributed by atoms with Crippen molar-refractivity contribution in [3.8, 4) is 5.75 Å². The second-order valence-electron chi connectivity index (χ2n) is 6.00. The third kappa shape index (κ3) is 4.65. The summed E-state index contributed by atoms with van der Waals surface area (Å²) in [5.74, 6) is -0.0727. The lowest BCUT2D eigenvalue weighted by atomic mass is 10.2. The second-order valence-corrected chi connectivity index (χ2v) is 10.8. The van der Waals surface area contributed by atoms with E-state index in [0.29, 0.717) is 5.39 Å². The summed E-state index contributed by atoms with van der Waals surface area (Å²) in [5.41, 5.74) is -0.201. The molecule has 0 bridgehead atoms. The van der Waals surface area contributed by atoms with Crippen molar-refractivity contribution in [1.29, 1.82) is 0 Å². The predicted octanol–water partition coefficient (Wildman–Crippen LogP) is 4.04. The number of sulfonamides is 1. The number of rotatable bonds is 8. The molecule has 0 spiro atoms. The Morgan fingerprint density at radius 1 is 1.21 bits per heavy atom. The molecule has 1 heterocycles. The molecule has 0 saturated heterocycles. The molecule has 12 heteroatoms. The maximum Gasteiger partial charge on any atom is 0.391 e. The van der Waals surface area contributed by atoms with Crippen LogP contribution in [0.5, 0.6) is 5.75 Å². The summed E-state index contributed by atoms with van der Waals surface area (Å²) in [4.78, 5) is 20.3. The zero-order chi connectivity index (χ0) is 21.2. The monoisotopic (exact) mass is 456 g/mol. The highest BCUT2D eigenvalue weighted by Crippen LogP contribution is 2.45. The van der Waals surface area contributed by atoms with Gasteiger partial charge in [-0.2, -0.15) is 4.31 Å². The van der Waals surface area contributed by atoms with Crippen LogP contribution >= 0.6 is 18.9 Å². The summed E-state index contributed by atoms with van der Waals surface area (Å²) in [5, 5.41) is 13.7. The minimum Gasteiger partial charge on any atom is -0.424 e. The Kier molecular flexibility index (Phi) is 6.06. The van der Waals surface area contributed by atoms with E-state index in [1.807, 2.05) is 0 Å². The molecule has 0 amide bonds. The number of nitro groups is 1. The number of nitro benzene ring substituents is 1. The third-order valence-corrected chi connectivity index (χ3v) is 8.90. The van der Waals surface area contributed by atoms with Gasteiger partial charge in [-0.1, -0.05) is 31.2 Å². The zero-order valence-electron chi connectivity index (χ0n) is 15.2. The van der Waals surface area contributed by atoms with Crippen molar-refractivity contribution >= 4 is 45.4 Å². The molecule has 0 aliphatic rings. The second kappa shape index (κ2) is 8.21. The van der Waals surface area contributed by atoms with Gasteiger partial charge in [0.25, 0.3) is 15.7 Å². The molecule has 29 heavy (non-hydrogen) atoms. The smallest absolute Gasteiger partial charge is 0.391 e. The first kappa shape index (κ1) is 21.4. The number of fused-ring (bicyclic) bond motifs is 1. The van der Waals surface area contributed by atoms with Gasteiger partial charge in [0.05, 0.1) is 4.92 Å². The summed E-state index contributed by atoms with van der Waals surface area (Å²) >= 11 is 1.04. The van der Waals surface area contributed by atoms with Gasteiger partial charge >= 0.3 is 7.60 Å². The quantitative estimate of drug-likeness (QED) is 0.308. The van der Waals surface area contributed by atoms with Crippen LogP contribution in [0, 0.1) is 10.1 Å². The highest BCUT2D eigenvalue weighted by molar-refractivity contribution is 7.91. The molecule has 1 atom stereocenters. The van der Waals surface area contributed by atoms with Gasteiger partial charge in [-0.05, 0) is 22.9 Å². The Morgan fingerprint density at radius 3 is 2.48 bits per heavy atom. The number of nitrogens with zero attached hydrogens (tertiary/aromatic N) is 2. The maximum absolute atomic E-state index is 13.1. The van der Waals surface area contributed by atoms with E-state index in [2.05, 4.69) is 0 Å². The molecule has 9 nitrogen and oxygen atoms in total. The molecule has 0 fully saturated rings. The van der Waals surface area contributed by atoms with Crippen molar-refractivity contribution in [3.63, 3.8) is 0 Å². The van der Waals surface area contributed by atoms with E-state index in [-0.39, 0.29) is 22.2 Å². The molecule has 1 N–H and O–H groups in total. The van der Waals surface area contributed by atoms with Gasteiger partial charge in [0.15, 0.2) is 0 Å². The number of benzene rings is 2. The van der Waals surface area contributed by atoms with E-state index in [0.717, 1.165) is 33.2 Å². The fourth-order valence-electron chi connectivity index (χ4n) is 2.65. The molecule has 1 aromatic heterocycles. The fraction of sp³-hybridized carbons (Fsp3) is 0.176. The van der Waals surface area contributed by atoms with Gasteiger partial charge < -0.3 is 9.42 Å². The first-order valence-electron chi connectivity index (χ1n) is 8.36. The lowest BCUT2D eigenvalue weighted by Crippen LogP contribution is -2.32. The van der Waals surface area contributed by atoms with Crippen LogP contribution in [0.4, 0.5) is 5.69 Å². The highest BCUT2D eigenvalue weighted by atomic mass is 32.2. The molecule has 0 saturated carbocycles. The molecular weight excluding hydrogens is 439 g/mol. The van der Waals surface area contributed by atoms with Crippen molar-refractivity contribution in [1.82, 2.24) is 4.31 Å². The first-order chi connectivity index (χ1) is 13.6. The molecule has 2 aromatic carbocycles. The molecule has 1 unspecified atom stereocenters. The van der Waals surface area contributed by atoms with E-state index in [4.69, 9.17) is 4.52 Å². The number of non-ortho nitro benzene ring substituents is 1.